The Morgan fingerprint density at radius 1 is 1.00 bits per heavy atom. The molecule has 32 heavy (non-hydrogen) atoms. The van der Waals surface area contributed by atoms with Crippen LogP contribution in [0.25, 0.3) is 10.9 Å². The Kier molecular flexibility index (Phi) is 5.70. The maximum Gasteiger partial charge on any atom is 0.255 e. The second kappa shape index (κ2) is 8.79. The topological polar surface area (TPSA) is 63.7 Å². The second-order valence-electron chi connectivity index (χ2n) is 8.75. The maximum atomic E-state index is 13.4. The van der Waals surface area contributed by atoms with E-state index in [1.54, 1.807) is 6.20 Å². The molecule has 6 nitrogen and oxygen atoms in total. The number of amides is 1. The van der Waals surface area contributed by atoms with E-state index in [1.807, 2.05) is 43.3 Å². The van der Waals surface area contributed by atoms with Crippen LogP contribution in [0.4, 0.5) is 5.69 Å². The largest absolute Gasteiger partial charge is 0.493 e. The molecule has 2 aliphatic rings. The van der Waals surface area contributed by atoms with E-state index < -0.39 is 0 Å². The summed E-state index contributed by atoms with van der Waals surface area (Å²) >= 11 is 0. The molecule has 0 spiro atoms. The highest BCUT2D eigenvalue weighted by molar-refractivity contribution is 6.08. The van der Waals surface area contributed by atoms with E-state index in [2.05, 4.69) is 23.5 Å². The number of hydrogen-bond acceptors (Lipinski definition) is 5. The zero-order valence-corrected chi connectivity index (χ0v) is 18.6. The molecule has 3 aromatic rings. The third kappa shape index (κ3) is 3.79. The van der Waals surface area contributed by atoms with Gasteiger partial charge in [0.15, 0.2) is 0 Å². The number of carbonyl (C=O) groups is 1. The van der Waals surface area contributed by atoms with Crippen molar-refractivity contribution in [2.45, 2.75) is 31.2 Å². The van der Waals surface area contributed by atoms with Crippen molar-refractivity contribution in [1.29, 1.82) is 0 Å². The number of para-hydroxylation sites is 2. The van der Waals surface area contributed by atoms with Crippen LogP contribution in [0.3, 0.4) is 0 Å². The maximum absolute atomic E-state index is 13.4. The molecule has 166 valence electrons. The molecule has 2 aliphatic heterocycles. The number of ether oxygens (including phenoxy) is 2. The Bertz CT molecular complexity index is 1140. The Morgan fingerprint density at radius 2 is 1.78 bits per heavy atom. The van der Waals surface area contributed by atoms with E-state index in [-0.39, 0.29) is 11.9 Å². The van der Waals surface area contributed by atoms with Crippen molar-refractivity contribution in [2.24, 2.45) is 0 Å². The molecule has 3 heterocycles. The van der Waals surface area contributed by atoms with Crippen LogP contribution >= 0.6 is 0 Å². The normalized spacial score (nSPS) is 18.6. The first-order valence-corrected chi connectivity index (χ1v) is 11.3. The van der Waals surface area contributed by atoms with Gasteiger partial charge < -0.3 is 19.7 Å². The lowest BCUT2D eigenvalue weighted by atomic mass is 9.89. The zero-order valence-electron chi connectivity index (χ0n) is 18.6. The number of nitrogens with zero attached hydrogens (tertiary/aromatic N) is 2. The molecule has 1 unspecified atom stereocenters. The van der Waals surface area contributed by atoms with E-state index >= 15 is 0 Å². The van der Waals surface area contributed by atoms with Gasteiger partial charge in [0.05, 0.1) is 29.4 Å². The van der Waals surface area contributed by atoms with Gasteiger partial charge in [0.2, 0.25) is 0 Å². The fraction of sp³-hybridized carbons (Fsp3) is 0.385. The van der Waals surface area contributed by atoms with Gasteiger partial charge >= 0.3 is 0 Å². The molecule has 5 rings (SSSR count). The highest BCUT2D eigenvalue weighted by atomic mass is 16.5. The summed E-state index contributed by atoms with van der Waals surface area (Å²) in [5.41, 5.74) is 4.75. The summed E-state index contributed by atoms with van der Waals surface area (Å²) in [4.78, 5) is 20.3. The summed E-state index contributed by atoms with van der Waals surface area (Å²) in [5, 5.41) is 4.24. The number of pyridine rings is 1. The SMILES string of the molecule is CN(C)c1c(C(=O)NC2CCOc3ccccc32)cnc2c(C3CCOCC3)cccc12. The minimum Gasteiger partial charge on any atom is -0.493 e. The molecule has 1 amide bonds. The molecule has 0 saturated carbocycles. The fourth-order valence-corrected chi connectivity index (χ4v) is 4.95. The lowest BCUT2D eigenvalue weighted by molar-refractivity contribution is 0.0856. The average molecular weight is 432 g/mol. The molecule has 0 radical (unpaired) electrons. The van der Waals surface area contributed by atoms with E-state index in [0.717, 1.165) is 60.4 Å². The summed E-state index contributed by atoms with van der Waals surface area (Å²) in [6.45, 7) is 2.16. The molecule has 1 fully saturated rings. The van der Waals surface area contributed by atoms with Gasteiger partial charge in [0.1, 0.15) is 5.75 Å². The van der Waals surface area contributed by atoms with Gasteiger partial charge in [-0.15, -0.1) is 0 Å². The van der Waals surface area contributed by atoms with Crippen LogP contribution in [-0.2, 0) is 4.74 Å². The third-order valence-electron chi connectivity index (χ3n) is 6.52. The van der Waals surface area contributed by atoms with Crippen molar-refractivity contribution in [2.75, 3.05) is 38.8 Å². The lowest BCUT2D eigenvalue weighted by Gasteiger charge is -2.28. The molecular weight excluding hydrogens is 402 g/mol. The summed E-state index contributed by atoms with van der Waals surface area (Å²) in [6.07, 6.45) is 4.49. The van der Waals surface area contributed by atoms with Crippen molar-refractivity contribution in [3.63, 3.8) is 0 Å². The van der Waals surface area contributed by atoms with Crippen molar-refractivity contribution in [1.82, 2.24) is 10.3 Å². The van der Waals surface area contributed by atoms with Gasteiger partial charge in [-0.1, -0.05) is 36.4 Å². The number of anilines is 1. The van der Waals surface area contributed by atoms with Crippen molar-refractivity contribution >= 4 is 22.5 Å². The molecule has 6 heteroatoms. The molecule has 0 aliphatic carbocycles. The summed E-state index contributed by atoms with van der Waals surface area (Å²) in [6, 6.07) is 14.2. The predicted octanol–water partition coefficient (Wildman–Crippen LogP) is 4.45. The molecule has 1 atom stereocenters. The molecular formula is C26H29N3O3. The van der Waals surface area contributed by atoms with Gasteiger partial charge in [-0.05, 0) is 30.4 Å². The summed E-state index contributed by atoms with van der Waals surface area (Å²) < 4.78 is 11.3. The highest BCUT2D eigenvalue weighted by Gasteiger charge is 2.26. The first-order valence-electron chi connectivity index (χ1n) is 11.3. The van der Waals surface area contributed by atoms with Crippen LogP contribution in [0.5, 0.6) is 5.75 Å². The summed E-state index contributed by atoms with van der Waals surface area (Å²) in [5.74, 6) is 1.17. The third-order valence-corrected chi connectivity index (χ3v) is 6.52. The Morgan fingerprint density at radius 3 is 2.59 bits per heavy atom. The molecule has 1 aromatic heterocycles. The van der Waals surface area contributed by atoms with Gasteiger partial charge in [-0.3, -0.25) is 9.78 Å². The van der Waals surface area contributed by atoms with Gasteiger partial charge in [0, 0.05) is 50.9 Å². The number of benzene rings is 2. The molecule has 2 aromatic carbocycles. The van der Waals surface area contributed by atoms with Crippen LogP contribution in [0.1, 0.15) is 52.7 Å². The van der Waals surface area contributed by atoms with Crippen LogP contribution in [0, 0.1) is 0 Å². The Labute approximate surface area is 188 Å². The van der Waals surface area contributed by atoms with Crippen LogP contribution < -0.4 is 15.0 Å². The average Bonchev–Trinajstić information content (AvgIpc) is 2.83. The highest BCUT2D eigenvalue weighted by Crippen LogP contribution is 2.37. The zero-order chi connectivity index (χ0) is 22.1. The number of hydrogen-bond donors (Lipinski definition) is 1. The second-order valence-corrected chi connectivity index (χ2v) is 8.75. The van der Waals surface area contributed by atoms with Crippen molar-refractivity contribution < 1.29 is 14.3 Å². The standard InChI is InChI=1S/C26H29N3O3/c1-29(2)25-20-8-5-7-18(17-10-13-31-14-11-17)24(20)27-16-21(25)26(30)28-22-12-15-32-23-9-4-3-6-19(22)23/h3-9,16-17,22H,10-15H2,1-2H3,(H,28,30). The molecule has 1 saturated heterocycles. The van der Waals surface area contributed by atoms with E-state index in [9.17, 15) is 4.79 Å². The summed E-state index contributed by atoms with van der Waals surface area (Å²) in [7, 11) is 3.97. The van der Waals surface area contributed by atoms with Crippen LogP contribution in [0.15, 0.2) is 48.7 Å². The molecule has 1 N–H and O–H groups in total. The first-order chi connectivity index (χ1) is 15.6. The van der Waals surface area contributed by atoms with Crippen LogP contribution in [0.2, 0.25) is 0 Å². The quantitative estimate of drug-likeness (QED) is 0.661. The lowest BCUT2D eigenvalue weighted by Crippen LogP contribution is -2.33. The van der Waals surface area contributed by atoms with E-state index in [1.165, 1.54) is 5.56 Å². The van der Waals surface area contributed by atoms with Gasteiger partial charge in [-0.25, -0.2) is 0 Å². The van der Waals surface area contributed by atoms with E-state index in [0.29, 0.717) is 18.1 Å². The van der Waals surface area contributed by atoms with Crippen LogP contribution in [-0.4, -0.2) is 44.8 Å². The number of carbonyl (C=O) groups excluding carboxylic acids is 1. The van der Waals surface area contributed by atoms with Gasteiger partial charge in [0.25, 0.3) is 5.91 Å². The number of aromatic nitrogens is 1. The van der Waals surface area contributed by atoms with Crippen molar-refractivity contribution in [3.05, 3.63) is 65.4 Å². The number of fused-ring (bicyclic) bond motifs is 2. The smallest absolute Gasteiger partial charge is 0.255 e. The fourth-order valence-electron chi connectivity index (χ4n) is 4.95. The van der Waals surface area contributed by atoms with Gasteiger partial charge in [-0.2, -0.15) is 0 Å². The Balaban J connectivity index is 1.52. The molecule has 0 bridgehead atoms. The number of rotatable bonds is 4. The van der Waals surface area contributed by atoms with E-state index in [4.69, 9.17) is 14.5 Å². The first kappa shape index (κ1) is 20.8. The minimum absolute atomic E-state index is 0.0771. The number of nitrogens with one attached hydrogen (secondary N) is 1. The van der Waals surface area contributed by atoms with Crippen molar-refractivity contribution in [3.8, 4) is 5.75 Å². The Hall–Kier alpha value is -3.12. The predicted molar refractivity (Wildman–Crippen MR) is 126 cm³/mol. The minimum atomic E-state index is -0.110. The monoisotopic (exact) mass is 431 g/mol.